The summed E-state index contributed by atoms with van der Waals surface area (Å²) in [7, 11) is 1.34. The first-order valence-corrected chi connectivity index (χ1v) is 7.91. The van der Waals surface area contributed by atoms with E-state index in [4.69, 9.17) is 5.11 Å². The Balaban J connectivity index is 2.17. The van der Waals surface area contributed by atoms with E-state index in [-0.39, 0.29) is 24.9 Å². The van der Waals surface area contributed by atoms with E-state index in [2.05, 4.69) is 0 Å². The molecule has 1 N–H and O–H groups in total. The van der Waals surface area contributed by atoms with Crippen LogP contribution in [0.4, 0.5) is 0 Å². The third kappa shape index (κ3) is 3.59. The Hall–Kier alpha value is -2.03. The molecular weight excluding hydrogens is 310 g/mol. The van der Waals surface area contributed by atoms with Crippen molar-refractivity contribution in [3.8, 4) is 0 Å². The predicted octanol–water partition coefficient (Wildman–Crippen LogP) is -1.03. The minimum atomic E-state index is -0.954. The molecular formula is C13H17N3O5S. The molecule has 1 saturated heterocycles. The van der Waals surface area contributed by atoms with Crippen LogP contribution in [0.15, 0.2) is 21.9 Å². The molecule has 22 heavy (non-hydrogen) atoms. The molecule has 0 bridgehead atoms. The zero-order chi connectivity index (χ0) is 16.3. The summed E-state index contributed by atoms with van der Waals surface area (Å²) in [4.78, 5) is 48.1. The van der Waals surface area contributed by atoms with E-state index in [1.165, 1.54) is 24.2 Å². The van der Waals surface area contributed by atoms with Gasteiger partial charge in [0.15, 0.2) is 0 Å². The summed E-state index contributed by atoms with van der Waals surface area (Å²) in [5.41, 5.74) is -1.01. The quantitative estimate of drug-likeness (QED) is 0.758. The third-order valence-corrected chi connectivity index (χ3v) is 4.62. The fourth-order valence-corrected chi connectivity index (χ4v) is 3.39. The van der Waals surface area contributed by atoms with Crippen LogP contribution in [0.2, 0.25) is 0 Å². The largest absolute Gasteiger partial charge is 0.481 e. The monoisotopic (exact) mass is 327 g/mol. The summed E-state index contributed by atoms with van der Waals surface area (Å²) in [6.07, 6.45) is 1.17. The minimum absolute atomic E-state index is 0.110. The Morgan fingerprint density at radius 2 is 2.14 bits per heavy atom. The third-order valence-electron chi connectivity index (χ3n) is 3.52. The van der Waals surface area contributed by atoms with Crippen molar-refractivity contribution in [3.05, 3.63) is 33.1 Å². The van der Waals surface area contributed by atoms with E-state index in [0.717, 1.165) is 14.9 Å². The Labute approximate surface area is 130 Å². The first-order valence-electron chi connectivity index (χ1n) is 6.75. The van der Waals surface area contributed by atoms with Crippen LogP contribution < -0.4 is 11.2 Å². The smallest absolute Gasteiger partial charge is 0.331 e. The van der Waals surface area contributed by atoms with Gasteiger partial charge in [0, 0.05) is 37.4 Å². The maximum Gasteiger partial charge on any atom is 0.331 e. The Bertz CT molecular complexity index is 696. The molecule has 0 saturated carbocycles. The molecule has 1 unspecified atom stereocenters. The van der Waals surface area contributed by atoms with Gasteiger partial charge in [0.1, 0.15) is 6.54 Å². The molecule has 8 nitrogen and oxygen atoms in total. The van der Waals surface area contributed by atoms with Gasteiger partial charge in [-0.1, -0.05) is 0 Å². The molecule has 0 radical (unpaired) electrons. The summed E-state index contributed by atoms with van der Waals surface area (Å²) < 4.78 is 2.08. The van der Waals surface area contributed by atoms with E-state index >= 15 is 0 Å². The number of aromatic nitrogens is 2. The van der Waals surface area contributed by atoms with Crippen LogP contribution in [0.25, 0.3) is 0 Å². The molecule has 1 atom stereocenters. The van der Waals surface area contributed by atoms with Crippen LogP contribution >= 0.6 is 11.8 Å². The van der Waals surface area contributed by atoms with Gasteiger partial charge in [0.05, 0.1) is 12.5 Å². The molecule has 2 rings (SSSR count). The number of nitrogens with zero attached hydrogens (tertiary/aromatic N) is 3. The summed E-state index contributed by atoms with van der Waals surface area (Å²) in [5, 5.41) is 8.93. The predicted molar refractivity (Wildman–Crippen MR) is 81.0 cm³/mol. The number of carbonyl (C=O) groups is 2. The second-order valence-electron chi connectivity index (χ2n) is 5.04. The minimum Gasteiger partial charge on any atom is -0.481 e. The molecule has 1 amide bonds. The van der Waals surface area contributed by atoms with Crippen LogP contribution in [0.5, 0.6) is 0 Å². The van der Waals surface area contributed by atoms with Gasteiger partial charge in [-0.05, 0) is 0 Å². The van der Waals surface area contributed by atoms with Crippen molar-refractivity contribution in [2.45, 2.75) is 19.0 Å². The van der Waals surface area contributed by atoms with Gasteiger partial charge in [-0.25, -0.2) is 4.79 Å². The van der Waals surface area contributed by atoms with Crippen molar-refractivity contribution in [1.29, 1.82) is 0 Å². The van der Waals surface area contributed by atoms with Crippen molar-refractivity contribution in [3.63, 3.8) is 0 Å². The molecule has 120 valence electrons. The molecule has 1 aromatic rings. The fraction of sp³-hybridized carbons (Fsp3) is 0.538. The summed E-state index contributed by atoms with van der Waals surface area (Å²) in [6.45, 7) is 0.260. The van der Waals surface area contributed by atoms with Gasteiger partial charge in [0.25, 0.3) is 5.56 Å². The standard InChI is InChI=1S/C13H17N3O5S/c1-14-10(17)2-3-15(13(14)21)7-11(18)16-4-5-22-8-9(16)6-12(19)20/h2-3,9H,4-8H2,1H3,(H,19,20). The number of hydrogen-bond acceptors (Lipinski definition) is 5. The highest BCUT2D eigenvalue weighted by molar-refractivity contribution is 7.99. The van der Waals surface area contributed by atoms with E-state index in [1.807, 2.05) is 0 Å². The first-order chi connectivity index (χ1) is 10.4. The van der Waals surface area contributed by atoms with Crippen LogP contribution in [0, 0.1) is 0 Å². The highest BCUT2D eigenvalue weighted by Crippen LogP contribution is 2.19. The topological polar surface area (TPSA) is 102 Å². The maximum absolute atomic E-state index is 12.4. The Kier molecular flexibility index (Phi) is 5.07. The lowest BCUT2D eigenvalue weighted by molar-refractivity contribution is -0.140. The molecule has 9 heteroatoms. The number of aliphatic carboxylic acids is 1. The average Bonchev–Trinajstić information content (AvgIpc) is 2.48. The molecule has 1 fully saturated rings. The second kappa shape index (κ2) is 6.82. The van der Waals surface area contributed by atoms with E-state index in [1.54, 1.807) is 11.8 Å². The number of hydrogen-bond donors (Lipinski definition) is 1. The zero-order valence-corrected chi connectivity index (χ0v) is 12.9. The van der Waals surface area contributed by atoms with Crippen LogP contribution in [-0.4, -0.2) is 55.1 Å². The molecule has 1 aliphatic rings. The van der Waals surface area contributed by atoms with Gasteiger partial charge < -0.3 is 10.0 Å². The van der Waals surface area contributed by atoms with Crippen LogP contribution in [0.3, 0.4) is 0 Å². The van der Waals surface area contributed by atoms with Crippen molar-refractivity contribution in [2.24, 2.45) is 7.05 Å². The van der Waals surface area contributed by atoms with Crippen LogP contribution in [0.1, 0.15) is 6.42 Å². The Morgan fingerprint density at radius 3 is 2.82 bits per heavy atom. The lowest BCUT2D eigenvalue weighted by Gasteiger charge is -2.34. The average molecular weight is 327 g/mol. The summed E-state index contributed by atoms with van der Waals surface area (Å²) in [6, 6.07) is 0.849. The van der Waals surface area contributed by atoms with Crippen molar-refractivity contribution < 1.29 is 14.7 Å². The number of rotatable bonds is 4. The lowest BCUT2D eigenvalue weighted by atomic mass is 10.2. The van der Waals surface area contributed by atoms with Gasteiger partial charge in [0.2, 0.25) is 5.91 Å². The van der Waals surface area contributed by atoms with Gasteiger partial charge in [-0.15, -0.1) is 0 Å². The molecule has 2 heterocycles. The molecule has 0 aromatic carbocycles. The molecule has 1 aliphatic heterocycles. The van der Waals surface area contributed by atoms with E-state index in [9.17, 15) is 19.2 Å². The normalized spacial score (nSPS) is 18.2. The number of carbonyl (C=O) groups excluding carboxylic acids is 1. The van der Waals surface area contributed by atoms with Gasteiger partial charge in [-0.2, -0.15) is 11.8 Å². The number of carboxylic acid groups (broad SMARTS) is 1. The molecule has 0 spiro atoms. The maximum atomic E-state index is 12.4. The second-order valence-corrected chi connectivity index (χ2v) is 6.19. The SMILES string of the molecule is Cn1c(=O)ccn(CC(=O)N2CCSCC2CC(=O)O)c1=O. The number of amides is 1. The lowest BCUT2D eigenvalue weighted by Crippen LogP contribution is -2.49. The Morgan fingerprint density at radius 1 is 1.41 bits per heavy atom. The van der Waals surface area contributed by atoms with Crippen molar-refractivity contribution in [1.82, 2.24) is 14.0 Å². The fourth-order valence-electron chi connectivity index (χ4n) is 2.33. The van der Waals surface area contributed by atoms with E-state index in [0.29, 0.717) is 12.3 Å². The van der Waals surface area contributed by atoms with Crippen molar-refractivity contribution >= 4 is 23.6 Å². The van der Waals surface area contributed by atoms with Gasteiger partial charge in [-0.3, -0.25) is 23.5 Å². The van der Waals surface area contributed by atoms with Crippen LogP contribution in [-0.2, 0) is 23.2 Å². The number of thioether (sulfide) groups is 1. The number of carboxylic acids is 1. The van der Waals surface area contributed by atoms with Crippen molar-refractivity contribution in [2.75, 3.05) is 18.1 Å². The van der Waals surface area contributed by atoms with Gasteiger partial charge >= 0.3 is 11.7 Å². The summed E-state index contributed by atoms with van der Waals surface area (Å²) in [5.74, 6) is 0.0430. The highest BCUT2D eigenvalue weighted by Gasteiger charge is 2.29. The first kappa shape index (κ1) is 16.3. The summed E-state index contributed by atoms with van der Waals surface area (Å²) >= 11 is 1.61. The van der Waals surface area contributed by atoms with E-state index < -0.39 is 17.2 Å². The molecule has 0 aliphatic carbocycles. The molecule has 1 aromatic heterocycles. The zero-order valence-electron chi connectivity index (χ0n) is 12.1. The highest BCUT2D eigenvalue weighted by atomic mass is 32.2.